The summed E-state index contributed by atoms with van der Waals surface area (Å²) in [6.45, 7) is 9.30. The van der Waals surface area contributed by atoms with Crippen LogP contribution >= 0.6 is 0 Å². The van der Waals surface area contributed by atoms with E-state index >= 15 is 0 Å². The van der Waals surface area contributed by atoms with Crippen LogP contribution in [0.25, 0.3) is 16.4 Å². The van der Waals surface area contributed by atoms with E-state index in [2.05, 4.69) is 55.4 Å². The Morgan fingerprint density at radius 1 is 1.17 bits per heavy atom. The summed E-state index contributed by atoms with van der Waals surface area (Å²) >= 11 is 0. The molecular weight excluding hydrogens is 296 g/mol. The van der Waals surface area contributed by atoms with Crippen molar-refractivity contribution in [2.24, 2.45) is 10.8 Å². The number of fused-ring (bicyclic) bond motifs is 8. The molecule has 2 saturated carbocycles. The number of benzene rings is 1. The van der Waals surface area contributed by atoms with Crippen LogP contribution in [0.1, 0.15) is 49.9 Å². The van der Waals surface area contributed by atoms with Gasteiger partial charge in [-0.1, -0.05) is 45.0 Å². The Morgan fingerprint density at radius 2 is 1.88 bits per heavy atom. The van der Waals surface area contributed by atoms with Crippen molar-refractivity contribution in [1.82, 2.24) is 9.38 Å². The highest BCUT2D eigenvalue weighted by Crippen LogP contribution is 2.96. The van der Waals surface area contributed by atoms with Crippen molar-refractivity contribution in [2.75, 3.05) is 0 Å². The lowest BCUT2D eigenvalue weighted by Gasteiger charge is -2.40. The normalized spacial score (nSPS) is 38.1. The van der Waals surface area contributed by atoms with Gasteiger partial charge in [-0.15, -0.1) is 0 Å². The summed E-state index contributed by atoms with van der Waals surface area (Å²) in [6, 6.07) is 8.28. The average molecular weight is 316 g/mol. The molecule has 2 aromatic heterocycles. The summed E-state index contributed by atoms with van der Waals surface area (Å²) in [5.41, 5.74) is 4.97. The van der Waals surface area contributed by atoms with Crippen LogP contribution < -0.4 is 5.56 Å². The first-order valence-corrected chi connectivity index (χ1v) is 8.81. The maximum Gasteiger partial charge on any atom is 0.277 e. The van der Waals surface area contributed by atoms with Gasteiger partial charge in [0.05, 0.1) is 0 Å². The van der Waals surface area contributed by atoms with Crippen molar-refractivity contribution >= 4 is 16.4 Å². The highest BCUT2D eigenvalue weighted by atomic mass is 16.1. The maximum atomic E-state index is 12.9. The van der Waals surface area contributed by atoms with E-state index in [1.54, 1.807) is 0 Å². The quantitative estimate of drug-likeness (QED) is 0.589. The van der Waals surface area contributed by atoms with Crippen LogP contribution in [0.5, 0.6) is 0 Å². The van der Waals surface area contributed by atoms with Gasteiger partial charge in [-0.05, 0) is 41.0 Å². The number of rotatable bonds is 0. The lowest BCUT2D eigenvalue weighted by Crippen LogP contribution is -2.36. The summed E-state index contributed by atoms with van der Waals surface area (Å²) in [6.07, 6.45) is 3.34. The fourth-order valence-electron chi connectivity index (χ4n) is 6.75. The number of aromatic nitrogens is 2. The van der Waals surface area contributed by atoms with Crippen molar-refractivity contribution in [3.63, 3.8) is 0 Å². The Bertz CT molecular complexity index is 1180. The van der Waals surface area contributed by atoms with E-state index in [0.717, 1.165) is 23.0 Å². The van der Waals surface area contributed by atoms with Gasteiger partial charge in [-0.2, -0.15) is 4.98 Å². The van der Waals surface area contributed by atoms with E-state index < -0.39 is 0 Å². The zero-order valence-corrected chi connectivity index (χ0v) is 14.5. The molecule has 120 valence electrons. The monoisotopic (exact) mass is 316 g/mol. The lowest BCUT2D eigenvalue weighted by molar-refractivity contribution is 0.167. The van der Waals surface area contributed by atoms with Crippen LogP contribution in [0.15, 0.2) is 35.3 Å². The number of nitrogens with zero attached hydrogens (tertiary/aromatic N) is 2. The minimum absolute atomic E-state index is 0.000654. The fourth-order valence-corrected chi connectivity index (χ4v) is 6.75. The smallest absolute Gasteiger partial charge is 0.277 e. The van der Waals surface area contributed by atoms with Gasteiger partial charge in [0.15, 0.2) is 0 Å². The Labute approximate surface area is 140 Å². The highest BCUT2D eigenvalue weighted by molar-refractivity contribution is 5.96. The molecule has 0 aliphatic heterocycles. The molecule has 1 aromatic carbocycles. The largest absolute Gasteiger partial charge is 0.304 e. The van der Waals surface area contributed by atoms with Crippen LogP contribution in [0.3, 0.4) is 0 Å². The molecule has 24 heavy (non-hydrogen) atoms. The predicted octanol–water partition coefficient (Wildman–Crippen LogP) is 3.94. The molecule has 3 aliphatic carbocycles. The molecule has 0 bridgehead atoms. The average Bonchev–Trinajstić information content (AvgIpc) is 2.76. The minimum Gasteiger partial charge on any atom is -0.304 e. The van der Waals surface area contributed by atoms with E-state index in [0.29, 0.717) is 11.3 Å². The standard InChI is InChI=1S/C21H20N2O/c1-11-10-23-16-15(14-9-19(2)20(14,3)21(16,19)4)18(24)22-17(23)13-8-6-5-7-12(11)13/h5-8,10,14H,9H2,1-4H3. The van der Waals surface area contributed by atoms with Crippen LogP contribution in [0, 0.1) is 17.8 Å². The molecule has 3 heteroatoms. The van der Waals surface area contributed by atoms with Crippen LogP contribution in [-0.2, 0) is 5.41 Å². The van der Waals surface area contributed by atoms with Crippen molar-refractivity contribution < 1.29 is 0 Å². The second-order valence-electron chi connectivity index (χ2n) is 8.65. The first-order valence-electron chi connectivity index (χ1n) is 8.81. The molecule has 6 rings (SSSR count). The molecule has 3 aliphatic rings. The number of hydrogen-bond acceptors (Lipinski definition) is 2. The SMILES string of the molecule is Cc1cn2c3c(c(=O)nc2c2ccccc12)C1CC2(C)C3(C)C12C. The van der Waals surface area contributed by atoms with E-state index in [4.69, 9.17) is 0 Å². The Kier molecular flexibility index (Phi) is 1.81. The second-order valence-corrected chi connectivity index (χ2v) is 8.65. The first-order chi connectivity index (χ1) is 11.4. The fraction of sp³-hybridized carbons (Fsp3) is 0.429. The molecule has 3 nitrogen and oxygen atoms in total. The Morgan fingerprint density at radius 3 is 2.62 bits per heavy atom. The van der Waals surface area contributed by atoms with Crippen molar-refractivity contribution in [2.45, 2.75) is 45.4 Å². The third-order valence-corrected chi connectivity index (χ3v) is 8.43. The molecule has 4 unspecified atom stereocenters. The van der Waals surface area contributed by atoms with Crippen molar-refractivity contribution in [3.8, 4) is 0 Å². The van der Waals surface area contributed by atoms with E-state index in [1.807, 2.05) is 12.1 Å². The molecule has 3 aromatic rings. The minimum atomic E-state index is 0.000654. The zero-order chi connectivity index (χ0) is 16.6. The maximum absolute atomic E-state index is 12.9. The van der Waals surface area contributed by atoms with Gasteiger partial charge >= 0.3 is 0 Å². The second kappa shape index (κ2) is 3.30. The van der Waals surface area contributed by atoms with E-state index in [-0.39, 0.29) is 16.4 Å². The highest BCUT2D eigenvalue weighted by Gasteiger charge is 2.93. The van der Waals surface area contributed by atoms with Crippen LogP contribution in [-0.4, -0.2) is 9.38 Å². The van der Waals surface area contributed by atoms with E-state index in [9.17, 15) is 4.79 Å². The van der Waals surface area contributed by atoms with Crippen LogP contribution in [0.4, 0.5) is 0 Å². The number of aryl methyl sites for hydroxylation is 1. The molecule has 0 amide bonds. The molecule has 2 heterocycles. The topological polar surface area (TPSA) is 34.4 Å². The Hall–Kier alpha value is -2.16. The van der Waals surface area contributed by atoms with Gasteiger partial charge in [0, 0.05) is 28.3 Å². The lowest BCUT2D eigenvalue weighted by atomic mass is 9.63. The van der Waals surface area contributed by atoms with Gasteiger partial charge in [0.1, 0.15) is 5.65 Å². The zero-order valence-electron chi connectivity index (χ0n) is 14.5. The number of hydrogen-bond donors (Lipinski definition) is 0. The Balaban J connectivity index is 1.87. The summed E-state index contributed by atoms with van der Waals surface area (Å²) in [5.74, 6) is 0.395. The molecule has 0 N–H and O–H groups in total. The summed E-state index contributed by atoms with van der Waals surface area (Å²) in [7, 11) is 0. The predicted molar refractivity (Wildman–Crippen MR) is 94.6 cm³/mol. The van der Waals surface area contributed by atoms with Gasteiger partial charge < -0.3 is 4.40 Å². The van der Waals surface area contributed by atoms with Gasteiger partial charge in [0.25, 0.3) is 5.56 Å². The molecule has 0 radical (unpaired) electrons. The van der Waals surface area contributed by atoms with Gasteiger partial charge in [-0.3, -0.25) is 4.79 Å². The van der Waals surface area contributed by atoms with Gasteiger partial charge in [-0.25, -0.2) is 0 Å². The van der Waals surface area contributed by atoms with Crippen molar-refractivity contribution in [3.05, 3.63) is 57.6 Å². The van der Waals surface area contributed by atoms with Gasteiger partial charge in [0.2, 0.25) is 0 Å². The first kappa shape index (κ1) is 13.2. The van der Waals surface area contributed by atoms with Crippen LogP contribution in [0.2, 0.25) is 0 Å². The third-order valence-electron chi connectivity index (χ3n) is 8.43. The van der Waals surface area contributed by atoms with E-state index in [1.165, 1.54) is 16.6 Å². The summed E-state index contributed by atoms with van der Waals surface area (Å²) in [4.78, 5) is 17.5. The van der Waals surface area contributed by atoms with Crippen molar-refractivity contribution in [1.29, 1.82) is 0 Å². The molecule has 0 spiro atoms. The number of pyridine rings is 1. The third kappa shape index (κ3) is 0.934. The summed E-state index contributed by atoms with van der Waals surface area (Å²) < 4.78 is 2.25. The molecular formula is C21H20N2O. The molecule has 0 saturated heterocycles. The molecule has 2 fully saturated rings. The molecule has 4 atom stereocenters. The summed E-state index contributed by atoms with van der Waals surface area (Å²) in [5, 5.41) is 2.26.